The molecule has 350 valence electrons. The second-order valence-electron chi connectivity index (χ2n) is 16.9. The van der Waals surface area contributed by atoms with Crippen molar-refractivity contribution >= 4 is 47.6 Å². The molecule has 11 N–H and O–H groups in total. The highest BCUT2D eigenvalue weighted by Gasteiger charge is 2.31. The number of carbonyl (C=O) groups is 8. The highest BCUT2D eigenvalue weighted by atomic mass is 16.6. The first kappa shape index (κ1) is 54.3. The summed E-state index contributed by atoms with van der Waals surface area (Å²) in [4.78, 5) is 103. The van der Waals surface area contributed by atoms with E-state index in [0.29, 0.717) is 32.2 Å². The minimum absolute atomic E-state index is 0.0702. The molecule has 0 aromatic heterocycles. The fraction of sp³-hybridized carbons (Fsp3) is 0.800. The van der Waals surface area contributed by atoms with Crippen LogP contribution in [0.1, 0.15) is 119 Å². The number of aliphatic hydroxyl groups excluding tert-OH is 1. The summed E-state index contributed by atoms with van der Waals surface area (Å²) in [5.41, 5.74) is -1.38. The van der Waals surface area contributed by atoms with Crippen LogP contribution in [-0.4, -0.2) is 141 Å². The number of alkyl carbamates (subject to hydrolysis) is 2. The van der Waals surface area contributed by atoms with Crippen molar-refractivity contribution in [3.05, 3.63) is 0 Å². The lowest BCUT2D eigenvalue weighted by Gasteiger charge is -2.27. The van der Waals surface area contributed by atoms with Gasteiger partial charge in [-0.2, -0.15) is 0 Å². The van der Waals surface area contributed by atoms with Crippen LogP contribution in [0.15, 0.2) is 0 Å². The van der Waals surface area contributed by atoms with Gasteiger partial charge in [-0.25, -0.2) is 9.59 Å². The number of rotatable bonds is 20. The summed E-state index contributed by atoms with van der Waals surface area (Å²) < 4.78 is 10.5. The van der Waals surface area contributed by atoms with Gasteiger partial charge in [-0.15, -0.1) is 0 Å². The summed E-state index contributed by atoms with van der Waals surface area (Å²) in [6.07, 6.45) is 2.47. The van der Waals surface area contributed by atoms with E-state index in [2.05, 4.69) is 53.2 Å². The van der Waals surface area contributed by atoms with E-state index in [-0.39, 0.29) is 51.2 Å². The molecule has 1 aliphatic rings. The molecule has 1 heterocycles. The summed E-state index contributed by atoms with van der Waals surface area (Å²) in [6, 6.07) is -3.63. The van der Waals surface area contributed by atoms with Gasteiger partial charge < -0.3 is 62.4 Å². The van der Waals surface area contributed by atoms with E-state index in [1.807, 2.05) is 7.05 Å². The second kappa shape index (κ2) is 29.5. The zero-order valence-corrected chi connectivity index (χ0v) is 37.3. The van der Waals surface area contributed by atoms with Gasteiger partial charge in [-0.05, 0) is 113 Å². The Hall–Kier alpha value is -4.76. The average Bonchev–Trinajstić information content (AvgIpc) is 3.16. The summed E-state index contributed by atoms with van der Waals surface area (Å²) in [6.45, 7) is 10.8. The monoisotopic (exact) mass is 871 g/mol. The standard InChI is InChI=1S/C40H74N10O11/c1-39(2,3)60-37(58)43-22-14-10-16-27-34(55)47-25-32(53)45-24-31(52)46-26-33(54)48-28(17-11-15-23-44-38(59)61-40(4,5)6)35(56)50-29(36(57)49-27)18-19-30(51)42-21-13-9-8-12-20-41-7/h27-29,33,41,48,54H,8-26H2,1-7H3,(H,42,51)(H,43,58)(H,44,59)(H,45,53)(H,46,52)(H,47,55)(H,49,57)(H,50,56)/t27-,28-,29-,33?/m0/s1. The zero-order valence-electron chi connectivity index (χ0n) is 37.3. The van der Waals surface area contributed by atoms with Crippen molar-refractivity contribution in [2.45, 2.75) is 154 Å². The van der Waals surface area contributed by atoms with Crippen molar-refractivity contribution in [1.82, 2.24) is 53.2 Å². The highest BCUT2D eigenvalue weighted by Crippen LogP contribution is 2.10. The molecule has 0 aromatic rings. The first-order chi connectivity index (χ1) is 28.7. The van der Waals surface area contributed by atoms with Gasteiger partial charge in [-0.1, -0.05) is 12.8 Å². The van der Waals surface area contributed by atoms with Crippen LogP contribution in [-0.2, 0) is 38.2 Å². The first-order valence-electron chi connectivity index (χ1n) is 21.4. The molecule has 1 aliphatic heterocycles. The van der Waals surface area contributed by atoms with Crippen molar-refractivity contribution in [2.24, 2.45) is 0 Å². The molecule has 0 bridgehead atoms. The zero-order chi connectivity index (χ0) is 45.8. The molecule has 1 rings (SSSR count). The number of carbonyl (C=O) groups excluding carboxylic acids is 8. The molecular weight excluding hydrogens is 796 g/mol. The number of aliphatic hydroxyl groups is 1. The number of nitrogens with one attached hydrogen (secondary N) is 10. The first-order valence-corrected chi connectivity index (χ1v) is 21.4. The lowest BCUT2D eigenvalue weighted by atomic mass is 10.0. The molecule has 21 nitrogen and oxygen atoms in total. The third kappa shape index (κ3) is 28.4. The van der Waals surface area contributed by atoms with Crippen LogP contribution >= 0.6 is 0 Å². The van der Waals surface area contributed by atoms with Gasteiger partial charge in [0.15, 0.2) is 0 Å². The van der Waals surface area contributed by atoms with Gasteiger partial charge in [-0.3, -0.25) is 34.1 Å². The smallest absolute Gasteiger partial charge is 0.407 e. The van der Waals surface area contributed by atoms with Gasteiger partial charge in [0.2, 0.25) is 35.4 Å². The van der Waals surface area contributed by atoms with Crippen LogP contribution in [0.25, 0.3) is 0 Å². The molecular formula is C40H74N10O11. The van der Waals surface area contributed by atoms with Crippen LogP contribution in [0.3, 0.4) is 0 Å². The third-order valence-corrected chi connectivity index (χ3v) is 8.85. The summed E-state index contributed by atoms with van der Waals surface area (Å²) in [7, 11) is 1.89. The third-order valence-electron chi connectivity index (χ3n) is 8.85. The largest absolute Gasteiger partial charge is 0.444 e. The minimum atomic E-state index is -1.43. The molecule has 0 saturated carbocycles. The van der Waals surface area contributed by atoms with Gasteiger partial charge >= 0.3 is 12.2 Å². The molecule has 1 unspecified atom stereocenters. The maximum Gasteiger partial charge on any atom is 0.407 e. The number of hydrogen-bond donors (Lipinski definition) is 11. The topological polar surface area (TPSA) is 296 Å². The number of ether oxygens (including phenoxy) is 2. The van der Waals surface area contributed by atoms with Crippen LogP contribution < -0.4 is 53.2 Å². The van der Waals surface area contributed by atoms with Crippen molar-refractivity contribution in [3.8, 4) is 0 Å². The van der Waals surface area contributed by atoms with Crippen molar-refractivity contribution in [1.29, 1.82) is 0 Å². The molecule has 0 aliphatic carbocycles. The predicted octanol–water partition coefficient (Wildman–Crippen LogP) is -0.339. The molecule has 0 spiro atoms. The van der Waals surface area contributed by atoms with Gasteiger partial charge in [0.25, 0.3) is 0 Å². The van der Waals surface area contributed by atoms with E-state index in [9.17, 15) is 43.5 Å². The van der Waals surface area contributed by atoms with E-state index in [0.717, 1.165) is 32.2 Å². The van der Waals surface area contributed by atoms with E-state index in [1.165, 1.54) is 0 Å². The van der Waals surface area contributed by atoms with E-state index < -0.39 is 90.4 Å². The number of unbranched alkanes of at least 4 members (excludes halogenated alkanes) is 5. The molecule has 21 heteroatoms. The summed E-state index contributed by atoms with van der Waals surface area (Å²) >= 11 is 0. The van der Waals surface area contributed by atoms with Crippen molar-refractivity contribution in [2.75, 3.05) is 52.9 Å². The van der Waals surface area contributed by atoms with Gasteiger partial charge in [0.1, 0.15) is 29.5 Å². The Morgan fingerprint density at radius 2 is 1.05 bits per heavy atom. The van der Waals surface area contributed by atoms with Crippen LogP contribution in [0.5, 0.6) is 0 Å². The van der Waals surface area contributed by atoms with Crippen LogP contribution in [0, 0.1) is 0 Å². The van der Waals surface area contributed by atoms with Crippen LogP contribution in [0.2, 0.25) is 0 Å². The van der Waals surface area contributed by atoms with Crippen molar-refractivity contribution in [3.63, 3.8) is 0 Å². The number of β-amino-alcohol motifs (C(OH)–C–C–N with tert-alkyl or cyclic N) is 1. The number of hydrogen-bond acceptors (Lipinski definition) is 13. The SMILES string of the molecule is CNCCCCCCNC(=O)CC[C@@H]1NC(=O)[C@H](CCCCNC(=O)OC(C)(C)C)NC(O)CNC(=O)CNC(=O)CNC(=O)[C@H](CCCCNC(=O)OC(C)(C)C)NC1=O. The minimum Gasteiger partial charge on any atom is -0.444 e. The van der Waals surface area contributed by atoms with Gasteiger partial charge in [0.05, 0.1) is 25.7 Å². The Kier molecular flexibility index (Phi) is 26.2. The molecule has 1 fully saturated rings. The fourth-order valence-corrected chi connectivity index (χ4v) is 5.80. The molecule has 61 heavy (non-hydrogen) atoms. The lowest BCUT2D eigenvalue weighted by molar-refractivity contribution is -0.134. The summed E-state index contributed by atoms with van der Waals surface area (Å²) in [5.74, 6) is -3.85. The van der Waals surface area contributed by atoms with E-state index >= 15 is 0 Å². The fourth-order valence-electron chi connectivity index (χ4n) is 5.80. The molecule has 1 saturated heterocycles. The number of amides is 8. The average molecular weight is 871 g/mol. The Bertz CT molecular complexity index is 1400. The van der Waals surface area contributed by atoms with Gasteiger partial charge in [0, 0.05) is 26.1 Å². The van der Waals surface area contributed by atoms with E-state index in [4.69, 9.17) is 9.47 Å². The lowest BCUT2D eigenvalue weighted by Crippen LogP contribution is -2.58. The maximum atomic E-state index is 14.0. The Balaban J connectivity index is 3.26. The molecule has 4 atom stereocenters. The normalized spacial score (nSPS) is 20.0. The predicted molar refractivity (Wildman–Crippen MR) is 227 cm³/mol. The van der Waals surface area contributed by atoms with Crippen molar-refractivity contribution < 1.29 is 52.9 Å². The van der Waals surface area contributed by atoms with Crippen LogP contribution in [0.4, 0.5) is 9.59 Å². The quantitative estimate of drug-likeness (QED) is 0.0700. The Morgan fingerprint density at radius 1 is 0.590 bits per heavy atom. The Labute approximate surface area is 360 Å². The molecule has 0 aromatic carbocycles. The maximum absolute atomic E-state index is 14.0. The van der Waals surface area contributed by atoms with E-state index in [1.54, 1.807) is 41.5 Å². The molecule has 8 amide bonds. The molecule has 0 radical (unpaired) electrons. The summed E-state index contributed by atoms with van der Waals surface area (Å²) in [5, 5.41) is 37.4. The Morgan fingerprint density at radius 3 is 1.61 bits per heavy atom. The highest BCUT2D eigenvalue weighted by molar-refractivity contribution is 5.94. The second-order valence-corrected chi connectivity index (χ2v) is 16.9.